The standard InChI is InChI=1S/C15H13FN2S2/c16-11-4-3-7-13(10(11)8-9-17)19-15-18-12-5-1-2-6-14(12)20-15/h1-7H,8-9,17H2. The Morgan fingerprint density at radius 2 is 2.00 bits per heavy atom. The minimum Gasteiger partial charge on any atom is -0.330 e. The number of para-hydroxylation sites is 1. The van der Waals surface area contributed by atoms with Crippen LogP contribution in [0.15, 0.2) is 51.7 Å². The summed E-state index contributed by atoms with van der Waals surface area (Å²) in [5.41, 5.74) is 7.23. The Hall–Kier alpha value is -1.43. The molecule has 2 nitrogen and oxygen atoms in total. The average molecular weight is 304 g/mol. The number of nitrogens with two attached hydrogens (primary N) is 1. The topological polar surface area (TPSA) is 38.9 Å². The summed E-state index contributed by atoms with van der Waals surface area (Å²) < 4.78 is 15.9. The molecule has 0 saturated carbocycles. The van der Waals surface area contributed by atoms with Gasteiger partial charge >= 0.3 is 0 Å². The van der Waals surface area contributed by atoms with Gasteiger partial charge in [0.05, 0.1) is 10.2 Å². The van der Waals surface area contributed by atoms with Crippen molar-refractivity contribution in [1.82, 2.24) is 4.98 Å². The third-order valence-electron chi connectivity index (χ3n) is 2.94. The number of thiazole rings is 1. The van der Waals surface area contributed by atoms with Crippen molar-refractivity contribution in [3.05, 3.63) is 53.8 Å². The van der Waals surface area contributed by atoms with Crippen LogP contribution in [0.2, 0.25) is 0 Å². The first-order chi connectivity index (χ1) is 9.78. The van der Waals surface area contributed by atoms with Crippen LogP contribution >= 0.6 is 23.1 Å². The van der Waals surface area contributed by atoms with Gasteiger partial charge in [0, 0.05) is 10.5 Å². The molecule has 0 fully saturated rings. The first-order valence-electron chi connectivity index (χ1n) is 6.29. The Morgan fingerprint density at radius 1 is 1.15 bits per heavy atom. The van der Waals surface area contributed by atoms with Crippen molar-refractivity contribution in [3.8, 4) is 0 Å². The van der Waals surface area contributed by atoms with Crippen LogP contribution in [0.5, 0.6) is 0 Å². The maximum Gasteiger partial charge on any atom is 0.155 e. The molecular weight excluding hydrogens is 291 g/mol. The van der Waals surface area contributed by atoms with Crippen molar-refractivity contribution in [3.63, 3.8) is 0 Å². The molecule has 1 heterocycles. The SMILES string of the molecule is NCCc1c(F)cccc1Sc1nc2ccccc2s1. The molecule has 5 heteroatoms. The molecule has 3 aromatic rings. The second-order valence-corrected chi connectivity index (χ2v) is 6.62. The number of halogens is 1. The average Bonchev–Trinajstić information content (AvgIpc) is 2.85. The summed E-state index contributed by atoms with van der Waals surface area (Å²) in [5.74, 6) is -0.193. The largest absolute Gasteiger partial charge is 0.330 e. The molecule has 0 aliphatic carbocycles. The Morgan fingerprint density at radius 3 is 2.80 bits per heavy atom. The second-order valence-electron chi connectivity index (χ2n) is 4.30. The highest BCUT2D eigenvalue weighted by Gasteiger charge is 2.11. The van der Waals surface area contributed by atoms with Crippen LogP contribution in [0.3, 0.4) is 0 Å². The van der Waals surface area contributed by atoms with Gasteiger partial charge in [0.2, 0.25) is 0 Å². The van der Waals surface area contributed by atoms with Crippen molar-refractivity contribution in [2.75, 3.05) is 6.54 Å². The molecule has 0 amide bonds. The zero-order valence-electron chi connectivity index (χ0n) is 10.7. The maximum absolute atomic E-state index is 13.9. The summed E-state index contributed by atoms with van der Waals surface area (Å²) in [6.07, 6.45) is 0.542. The van der Waals surface area contributed by atoms with Gasteiger partial charge in [-0.3, -0.25) is 0 Å². The highest BCUT2D eigenvalue weighted by Crippen LogP contribution is 2.36. The molecule has 0 bridgehead atoms. The molecule has 0 unspecified atom stereocenters. The lowest BCUT2D eigenvalue weighted by Gasteiger charge is -2.07. The van der Waals surface area contributed by atoms with Gasteiger partial charge in [0.1, 0.15) is 5.82 Å². The van der Waals surface area contributed by atoms with E-state index in [1.54, 1.807) is 17.4 Å². The second kappa shape index (κ2) is 5.91. The van der Waals surface area contributed by atoms with Gasteiger partial charge in [-0.2, -0.15) is 0 Å². The molecule has 0 radical (unpaired) electrons. The van der Waals surface area contributed by atoms with Crippen molar-refractivity contribution in [2.45, 2.75) is 15.7 Å². The first kappa shape index (κ1) is 13.5. The molecule has 3 rings (SSSR count). The van der Waals surface area contributed by atoms with E-state index < -0.39 is 0 Å². The Balaban J connectivity index is 1.96. The Labute approximate surface area is 124 Å². The molecule has 0 aliphatic rings. The molecule has 0 saturated heterocycles. The Kier molecular flexibility index (Phi) is 4.00. The molecule has 102 valence electrons. The summed E-state index contributed by atoms with van der Waals surface area (Å²) in [4.78, 5) is 5.46. The lowest BCUT2D eigenvalue weighted by molar-refractivity contribution is 0.603. The van der Waals surface area contributed by atoms with Crippen molar-refractivity contribution in [1.29, 1.82) is 0 Å². The minimum atomic E-state index is -0.193. The minimum absolute atomic E-state index is 0.193. The fraction of sp³-hybridized carbons (Fsp3) is 0.133. The van der Waals surface area contributed by atoms with Gasteiger partial charge in [-0.05, 0) is 37.2 Å². The van der Waals surface area contributed by atoms with E-state index in [0.717, 1.165) is 19.5 Å². The Bertz CT molecular complexity index is 707. The van der Waals surface area contributed by atoms with E-state index in [9.17, 15) is 4.39 Å². The van der Waals surface area contributed by atoms with E-state index in [1.807, 2.05) is 30.3 Å². The number of hydrogen-bond acceptors (Lipinski definition) is 4. The quantitative estimate of drug-likeness (QED) is 0.789. The van der Waals surface area contributed by atoms with Crippen LogP contribution in [-0.4, -0.2) is 11.5 Å². The molecule has 1 aromatic heterocycles. The molecule has 2 N–H and O–H groups in total. The third-order valence-corrected chi connectivity index (χ3v) is 5.14. The molecule has 0 aliphatic heterocycles. The summed E-state index contributed by atoms with van der Waals surface area (Å²) in [6.45, 7) is 0.439. The van der Waals surface area contributed by atoms with Crippen molar-refractivity contribution >= 4 is 33.3 Å². The van der Waals surface area contributed by atoms with Gasteiger partial charge in [-0.1, -0.05) is 30.0 Å². The van der Waals surface area contributed by atoms with E-state index in [0.29, 0.717) is 18.5 Å². The molecule has 0 spiro atoms. The summed E-state index contributed by atoms with van der Waals surface area (Å²) in [5, 5.41) is 0. The van der Waals surface area contributed by atoms with Gasteiger partial charge in [0.25, 0.3) is 0 Å². The highest BCUT2D eigenvalue weighted by molar-refractivity contribution is 8.01. The number of benzene rings is 2. The first-order valence-corrected chi connectivity index (χ1v) is 7.92. The van der Waals surface area contributed by atoms with Gasteiger partial charge in [-0.15, -0.1) is 11.3 Å². The maximum atomic E-state index is 13.9. The highest BCUT2D eigenvalue weighted by atomic mass is 32.2. The van der Waals surface area contributed by atoms with Crippen molar-refractivity contribution < 1.29 is 4.39 Å². The van der Waals surface area contributed by atoms with E-state index in [4.69, 9.17) is 5.73 Å². The van der Waals surface area contributed by atoms with E-state index in [2.05, 4.69) is 4.98 Å². The summed E-state index contributed by atoms with van der Waals surface area (Å²) >= 11 is 3.13. The normalized spacial score (nSPS) is 11.1. The number of fused-ring (bicyclic) bond motifs is 1. The third kappa shape index (κ3) is 2.70. The van der Waals surface area contributed by atoms with Gasteiger partial charge in [-0.25, -0.2) is 9.37 Å². The smallest absolute Gasteiger partial charge is 0.155 e. The van der Waals surface area contributed by atoms with Crippen LogP contribution in [-0.2, 0) is 6.42 Å². The number of hydrogen-bond donors (Lipinski definition) is 1. The molecular formula is C15H13FN2S2. The predicted octanol–water partition coefficient (Wildman–Crippen LogP) is 4.09. The fourth-order valence-electron chi connectivity index (χ4n) is 2.01. The molecule has 20 heavy (non-hydrogen) atoms. The fourth-order valence-corrected chi connectivity index (χ4v) is 4.21. The van der Waals surface area contributed by atoms with Crippen LogP contribution in [0.1, 0.15) is 5.56 Å². The zero-order valence-corrected chi connectivity index (χ0v) is 12.3. The number of nitrogens with zero attached hydrogens (tertiary/aromatic N) is 1. The van der Waals surface area contributed by atoms with Crippen LogP contribution in [0.25, 0.3) is 10.2 Å². The predicted molar refractivity (Wildman–Crippen MR) is 82.9 cm³/mol. The molecule has 2 aromatic carbocycles. The number of aromatic nitrogens is 1. The summed E-state index contributed by atoms with van der Waals surface area (Å²) in [7, 11) is 0. The van der Waals surface area contributed by atoms with Crippen LogP contribution in [0, 0.1) is 5.82 Å². The zero-order chi connectivity index (χ0) is 13.9. The van der Waals surface area contributed by atoms with Gasteiger partial charge < -0.3 is 5.73 Å². The van der Waals surface area contributed by atoms with E-state index in [1.165, 1.54) is 17.8 Å². The van der Waals surface area contributed by atoms with Crippen molar-refractivity contribution in [2.24, 2.45) is 5.73 Å². The lowest BCUT2D eigenvalue weighted by atomic mass is 10.1. The monoisotopic (exact) mass is 304 g/mol. The van der Waals surface area contributed by atoms with E-state index >= 15 is 0 Å². The molecule has 0 atom stereocenters. The van der Waals surface area contributed by atoms with Crippen LogP contribution < -0.4 is 5.73 Å². The van der Waals surface area contributed by atoms with Gasteiger partial charge in [0.15, 0.2) is 4.34 Å². The number of rotatable bonds is 4. The van der Waals surface area contributed by atoms with Crippen LogP contribution in [0.4, 0.5) is 4.39 Å². The summed E-state index contributed by atoms with van der Waals surface area (Å²) in [6, 6.07) is 13.1. The van der Waals surface area contributed by atoms with E-state index in [-0.39, 0.29) is 5.82 Å². The lowest BCUT2D eigenvalue weighted by Crippen LogP contribution is -2.05.